The Kier molecular flexibility index (Phi) is 6.86. The van der Waals surface area contributed by atoms with E-state index in [1.54, 1.807) is 12.1 Å². The molecule has 148 valence electrons. The van der Waals surface area contributed by atoms with Crippen molar-refractivity contribution in [3.8, 4) is 17.6 Å². The van der Waals surface area contributed by atoms with Gasteiger partial charge in [0.1, 0.15) is 11.6 Å². The van der Waals surface area contributed by atoms with Crippen molar-refractivity contribution in [2.24, 2.45) is 5.73 Å². The zero-order valence-electron chi connectivity index (χ0n) is 15.2. The molecule has 0 aliphatic heterocycles. The van der Waals surface area contributed by atoms with Gasteiger partial charge in [-0.1, -0.05) is 12.1 Å². The number of hydrogen-bond donors (Lipinski definition) is 2. The second-order valence-electron chi connectivity index (χ2n) is 5.60. The minimum Gasteiger partial charge on any atom is -0.493 e. The number of amides is 2. The Bertz CT molecular complexity index is 1030. The number of anilines is 1. The van der Waals surface area contributed by atoms with Gasteiger partial charge in [-0.25, -0.2) is 0 Å². The summed E-state index contributed by atoms with van der Waals surface area (Å²) in [5, 5.41) is 22.6. The molecule has 0 saturated carbocycles. The summed E-state index contributed by atoms with van der Waals surface area (Å²) >= 11 is 0. The lowest BCUT2D eigenvalue weighted by atomic mass is 10.1. The third-order valence-electron chi connectivity index (χ3n) is 3.55. The van der Waals surface area contributed by atoms with E-state index in [0.29, 0.717) is 5.56 Å². The van der Waals surface area contributed by atoms with E-state index in [1.165, 1.54) is 49.6 Å². The molecule has 0 radical (unpaired) electrons. The Balaban J connectivity index is 2.23. The van der Waals surface area contributed by atoms with Crippen molar-refractivity contribution in [1.29, 1.82) is 5.26 Å². The first kappa shape index (κ1) is 20.9. The lowest BCUT2D eigenvalue weighted by Crippen LogP contribution is -2.20. The number of nitro benzene ring substituents is 1. The maximum atomic E-state index is 12.3. The molecule has 2 amide bonds. The van der Waals surface area contributed by atoms with Crippen LogP contribution in [-0.2, 0) is 9.59 Å². The van der Waals surface area contributed by atoms with E-state index in [-0.39, 0.29) is 35.1 Å². The van der Waals surface area contributed by atoms with Gasteiger partial charge < -0.3 is 20.5 Å². The van der Waals surface area contributed by atoms with Gasteiger partial charge >= 0.3 is 0 Å². The molecule has 0 atom stereocenters. The SMILES string of the molecule is COc1cc(/C=C(\C#N)C(=O)Nc2cccc([N+](=O)[O-])c2)ccc1OCC(N)=O. The zero-order chi connectivity index (χ0) is 21.4. The molecule has 0 aromatic heterocycles. The number of nitrogens with zero attached hydrogens (tertiary/aromatic N) is 2. The molecule has 0 fully saturated rings. The standard InChI is InChI=1S/C19H16N4O6/c1-28-17-8-12(5-6-16(17)29-11-18(21)24)7-13(10-20)19(25)22-14-3-2-4-15(9-14)23(26)27/h2-9H,11H2,1H3,(H2,21,24)(H,22,25)/b13-7+. The molecular weight excluding hydrogens is 380 g/mol. The normalized spacial score (nSPS) is 10.6. The van der Waals surface area contributed by atoms with Crippen LogP contribution in [0.1, 0.15) is 5.56 Å². The molecule has 0 saturated heterocycles. The molecule has 3 N–H and O–H groups in total. The fourth-order valence-electron chi connectivity index (χ4n) is 2.25. The van der Waals surface area contributed by atoms with Gasteiger partial charge in [0, 0.05) is 17.8 Å². The van der Waals surface area contributed by atoms with Crippen molar-refractivity contribution >= 4 is 29.3 Å². The average molecular weight is 396 g/mol. The monoisotopic (exact) mass is 396 g/mol. The van der Waals surface area contributed by atoms with Crippen LogP contribution in [0, 0.1) is 21.4 Å². The molecule has 0 aliphatic rings. The van der Waals surface area contributed by atoms with Gasteiger partial charge in [0.25, 0.3) is 17.5 Å². The number of carbonyl (C=O) groups is 2. The second kappa shape index (κ2) is 9.52. The number of hydrogen-bond acceptors (Lipinski definition) is 7. The molecule has 0 spiro atoms. The fourth-order valence-corrected chi connectivity index (χ4v) is 2.25. The zero-order valence-corrected chi connectivity index (χ0v) is 15.2. The Labute approximate surface area is 165 Å². The van der Waals surface area contributed by atoms with Crippen LogP contribution < -0.4 is 20.5 Å². The molecule has 2 aromatic carbocycles. The molecule has 2 rings (SSSR count). The number of ether oxygens (including phenoxy) is 2. The van der Waals surface area contributed by atoms with Crippen LogP contribution in [0.25, 0.3) is 6.08 Å². The summed E-state index contributed by atoms with van der Waals surface area (Å²) in [6, 6.07) is 11.7. The fraction of sp³-hybridized carbons (Fsp3) is 0.105. The third-order valence-corrected chi connectivity index (χ3v) is 3.55. The Morgan fingerprint density at radius 1 is 1.28 bits per heavy atom. The molecule has 10 nitrogen and oxygen atoms in total. The smallest absolute Gasteiger partial charge is 0.271 e. The van der Waals surface area contributed by atoms with Crippen molar-refractivity contribution < 1.29 is 24.0 Å². The summed E-state index contributed by atoms with van der Waals surface area (Å²) in [7, 11) is 1.39. The minimum atomic E-state index is -0.735. The Morgan fingerprint density at radius 2 is 2.03 bits per heavy atom. The predicted molar refractivity (Wildman–Crippen MR) is 103 cm³/mol. The maximum absolute atomic E-state index is 12.3. The van der Waals surface area contributed by atoms with Crippen LogP contribution in [0.5, 0.6) is 11.5 Å². The third kappa shape index (κ3) is 5.80. The number of non-ortho nitro benzene ring substituents is 1. The van der Waals surface area contributed by atoms with E-state index in [1.807, 2.05) is 0 Å². The van der Waals surface area contributed by atoms with E-state index < -0.39 is 16.7 Å². The summed E-state index contributed by atoms with van der Waals surface area (Å²) in [6.45, 7) is -0.333. The number of rotatable bonds is 8. The Morgan fingerprint density at radius 3 is 2.66 bits per heavy atom. The molecule has 0 unspecified atom stereocenters. The highest BCUT2D eigenvalue weighted by atomic mass is 16.6. The van der Waals surface area contributed by atoms with Crippen molar-refractivity contribution in [3.05, 3.63) is 63.7 Å². The van der Waals surface area contributed by atoms with Crippen LogP contribution in [0.4, 0.5) is 11.4 Å². The number of nitrogens with two attached hydrogens (primary N) is 1. The largest absolute Gasteiger partial charge is 0.493 e. The average Bonchev–Trinajstić information content (AvgIpc) is 2.70. The van der Waals surface area contributed by atoms with Crippen molar-refractivity contribution in [3.63, 3.8) is 0 Å². The highest BCUT2D eigenvalue weighted by molar-refractivity contribution is 6.09. The first-order valence-corrected chi connectivity index (χ1v) is 8.10. The molecule has 29 heavy (non-hydrogen) atoms. The van der Waals surface area contributed by atoms with Crippen molar-refractivity contribution in [2.45, 2.75) is 0 Å². The maximum Gasteiger partial charge on any atom is 0.271 e. The van der Waals surface area contributed by atoms with E-state index >= 15 is 0 Å². The van der Waals surface area contributed by atoms with E-state index in [0.717, 1.165) is 0 Å². The van der Waals surface area contributed by atoms with Crippen LogP contribution in [0.3, 0.4) is 0 Å². The van der Waals surface area contributed by atoms with Crippen LogP contribution in [0.2, 0.25) is 0 Å². The van der Waals surface area contributed by atoms with Gasteiger partial charge in [-0.05, 0) is 29.8 Å². The van der Waals surface area contributed by atoms with Gasteiger partial charge in [-0.2, -0.15) is 5.26 Å². The predicted octanol–water partition coefficient (Wildman–Crippen LogP) is 2.01. The summed E-state index contributed by atoms with van der Waals surface area (Å²) in [4.78, 5) is 33.4. The Hall–Kier alpha value is -4.39. The minimum absolute atomic E-state index is 0.179. The molecule has 0 aliphatic carbocycles. The topological polar surface area (TPSA) is 158 Å². The van der Waals surface area contributed by atoms with E-state index in [4.69, 9.17) is 15.2 Å². The van der Waals surface area contributed by atoms with Crippen molar-refractivity contribution in [1.82, 2.24) is 0 Å². The van der Waals surface area contributed by atoms with Crippen molar-refractivity contribution in [2.75, 3.05) is 19.0 Å². The number of nitriles is 1. The first-order valence-electron chi connectivity index (χ1n) is 8.10. The highest BCUT2D eigenvalue weighted by Crippen LogP contribution is 2.29. The van der Waals surface area contributed by atoms with Gasteiger partial charge in [0.05, 0.1) is 12.0 Å². The summed E-state index contributed by atoms with van der Waals surface area (Å²) in [5.74, 6) is -0.846. The lowest BCUT2D eigenvalue weighted by Gasteiger charge is -2.10. The summed E-state index contributed by atoms with van der Waals surface area (Å²) in [6.07, 6.45) is 1.31. The van der Waals surface area contributed by atoms with Gasteiger partial charge in [0.2, 0.25) is 0 Å². The molecule has 10 heteroatoms. The van der Waals surface area contributed by atoms with E-state index in [9.17, 15) is 25.0 Å². The molecule has 0 bridgehead atoms. The van der Waals surface area contributed by atoms with Crippen LogP contribution >= 0.6 is 0 Å². The number of benzene rings is 2. The number of primary amides is 1. The van der Waals surface area contributed by atoms with E-state index in [2.05, 4.69) is 5.32 Å². The first-order chi connectivity index (χ1) is 13.8. The quantitative estimate of drug-likeness (QED) is 0.299. The molecular formula is C19H16N4O6. The second-order valence-corrected chi connectivity index (χ2v) is 5.60. The van der Waals surface area contributed by atoms with Crippen LogP contribution in [-0.4, -0.2) is 30.5 Å². The molecule has 2 aromatic rings. The number of carbonyl (C=O) groups excluding carboxylic acids is 2. The number of nitrogens with one attached hydrogen (secondary N) is 1. The van der Waals surface area contributed by atoms with Crippen LogP contribution in [0.15, 0.2) is 48.0 Å². The van der Waals surface area contributed by atoms with Gasteiger partial charge in [-0.15, -0.1) is 0 Å². The number of nitro groups is 1. The van der Waals surface area contributed by atoms with Gasteiger partial charge in [0.15, 0.2) is 18.1 Å². The molecule has 0 heterocycles. The summed E-state index contributed by atoms with van der Waals surface area (Å²) < 4.78 is 10.4. The highest BCUT2D eigenvalue weighted by Gasteiger charge is 2.13. The lowest BCUT2D eigenvalue weighted by molar-refractivity contribution is -0.384. The summed E-state index contributed by atoms with van der Waals surface area (Å²) in [5.41, 5.74) is 5.25. The van der Waals surface area contributed by atoms with Gasteiger partial charge in [-0.3, -0.25) is 19.7 Å². The number of methoxy groups -OCH3 is 1.